The molecule has 6 heteroatoms. The van der Waals surface area contributed by atoms with Crippen molar-refractivity contribution in [3.8, 4) is 5.75 Å². The van der Waals surface area contributed by atoms with Crippen LogP contribution in [0.4, 0.5) is 0 Å². The number of nitrogens with zero attached hydrogens (tertiary/aromatic N) is 2. The van der Waals surface area contributed by atoms with Crippen LogP contribution in [0.15, 0.2) is 54.7 Å². The van der Waals surface area contributed by atoms with Crippen molar-refractivity contribution in [2.45, 2.75) is 25.9 Å². The van der Waals surface area contributed by atoms with Gasteiger partial charge in [-0.1, -0.05) is 30.3 Å². The summed E-state index contributed by atoms with van der Waals surface area (Å²) in [5.74, 6) is 0.374. The number of piperidine rings is 1. The maximum atomic E-state index is 13.2. The molecule has 6 nitrogen and oxygen atoms in total. The van der Waals surface area contributed by atoms with Crippen LogP contribution in [-0.2, 0) is 17.9 Å². The van der Waals surface area contributed by atoms with E-state index in [-0.39, 0.29) is 24.2 Å². The summed E-state index contributed by atoms with van der Waals surface area (Å²) in [7, 11) is 1.60. The number of carbonyl (C=O) groups excluding carboxylic acids is 2. The van der Waals surface area contributed by atoms with Gasteiger partial charge in [-0.15, -0.1) is 0 Å². The molecule has 2 aromatic carbocycles. The molecule has 0 unspecified atom stereocenters. The molecule has 1 aliphatic heterocycles. The summed E-state index contributed by atoms with van der Waals surface area (Å²) in [6, 6.07) is 15.5. The summed E-state index contributed by atoms with van der Waals surface area (Å²) in [6.45, 7) is 2.56. The lowest BCUT2D eigenvalue weighted by molar-refractivity contribution is -0.118. The predicted molar refractivity (Wildman–Crippen MR) is 116 cm³/mol. The second-order valence-corrected chi connectivity index (χ2v) is 7.90. The minimum atomic E-state index is -0.359. The number of carbonyl (C=O) groups is 2. The Hall–Kier alpha value is -3.12. The second kappa shape index (κ2) is 8.71. The van der Waals surface area contributed by atoms with Gasteiger partial charge in [-0.05, 0) is 43.1 Å². The molecule has 1 fully saturated rings. The van der Waals surface area contributed by atoms with Crippen molar-refractivity contribution in [1.82, 2.24) is 9.47 Å². The van der Waals surface area contributed by atoms with Crippen molar-refractivity contribution < 1.29 is 14.3 Å². The highest BCUT2D eigenvalue weighted by molar-refractivity contribution is 6.00. The average Bonchev–Trinajstić information content (AvgIpc) is 3.10. The Balaban J connectivity index is 1.53. The average molecular weight is 405 g/mol. The molecule has 0 saturated carbocycles. The number of fused-ring (bicyclic) bond motifs is 1. The highest BCUT2D eigenvalue weighted by Crippen LogP contribution is 2.28. The van der Waals surface area contributed by atoms with Crippen molar-refractivity contribution in [2.24, 2.45) is 11.7 Å². The molecule has 2 heterocycles. The van der Waals surface area contributed by atoms with E-state index >= 15 is 0 Å². The van der Waals surface area contributed by atoms with E-state index in [2.05, 4.69) is 11.0 Å². The van der Waals surface area contributed by atoms with Crippen LogP contribution in [0.5, 0.6) is 5.75 Å². The first kappa shape index (κ1) is 20.2. The van der Waals surface area contributed by atoms with Crippen molar-refractivity contribution in [3.05, 3.63) is 65.9 Å². The Bertz CT molecular complexity index is 1070. The molecule has 1 atom stereocenters. The largest absolute Gasteiger partial charge is 0.496 e. The van der Waals surface area contributed by atoms with Gasteiger partial charge in [0.05, 0.1) is 12.7 Å². The Labute approximate surface area is 176 Å². The number of aromatic nitrogens is 1. The van der Waals surface area contributed by atoms with E-state index in [1.807, 2.05) is 53.2 Å². The molecule has 156 valence electrons. The fraction of sp³-hybridized carbons (Fsp3) is 0.333. The minimum Gasteiger partial charge on any atom is -0.496 e. The van der Waals surface area contributed by atoms with E-state index in [4.69, 9.17) is 10.5 Å². The summed E-state index contributed by atoms with van der Waals surface area (Å²) >= 11 is 0. The zero-order chi connectivity index (χ0) is 21.1. The molecule has 0 radical (unpaired) electrons. The normalized spacial score (nSPS) is 17.2. The number of hydrogen-bond acceptors (Lipinski definition) is 4. The smallest absolute Gasteiger partial charge is 0.237 e. The van der Waals surface area contributed by atoms with Crippen LogP contribution in [0.1, 0.15) is 28.8 Å². The van der Waals surface area contributed by atoms with Crippen LogP contribution in [0.2, 0.25) is 0 Å². The van der Waals surface area contributed by atoms with Gasteiger partial charge in [-0.3, -0.25) is 14.5 Å². The van der Waals surface area contributed by atoms with Crippen LogP contribution in [0, 0.1) is 5.92 Å². The molecule has 3 aromatic rings. The monoisotopic (exact) mass is 405 g/mol. The number of likely N-dealkylation sites (tertiary alicyclic amines) is 1. The molecule has 0 aliphatic carbocycles. The van der Waals surface area contributed by atoms with Gasteiger partial charge in [0, 0.05) is 36.1 Å². The van der Waals surface area contributed by atoms with Gasteiger partial charge in [0.1, 0.15) is 12.3 Å². The molecule has 0 spiro atoms. The zero-order valence-electron chi connectivity index (χ0n) is 17.2. The summed E-state index contributed by atoms with van der Waals surface area (Å²) in [5, 5.41) is 1.12. The van der Waals surface area contributed by atoms with Crippen molar-refractivity contribution in [1.29, 1.82) is 0 Å². The van der Waals surface area contributed by atoms with Crippen molar-refractivity contribution >= 4 is 22.6 Å². The molecular weight excluding hydrogens is 378 g/mol. The van der Waals surface area contributed by atoms with E-state index in [1.165, 1.54) is 0 Å². The van der Waals surface area contributed by atoms with Gasteiger partial charge in [0.15, 0.2) is 5.78 Å². The first-order chi connectivity index (χ1) is 14.6. The Kier molecular flexibility index (Phi) is 5.86. The number of nitrogens with two attached hydrogens (primary N) is 1. The number of hydrogen-bond donors (Lipinski definition) is 1. The molecule has 0 bridgehead atoms. The molecule has 1 aromatic heterocycles. The molecular formula is C24H27N3O3. The number of ketones is 1. The molecule has 1 saturated heterocycles. The first-order valence-corrected chi connectivity index (χ1v) is 10.3. The number of Topliss-reactive ketones (excluding diaryl/α,β-unsaturated/α-hetero) is 1. The van der Waals surface area contributed by atoms with Gasteiger partial charge in [-0.2, -0.15) is 0 Å². The summed E-state index contributed by atoms with van der Waals surface area (Å²) in [4.78, 5) is 26.9. The number of primary amides is 1. The maximum absolute atomic E-state index is 13.2. The van der Waals surface area contributed by atoms with Crippen LogP contribution in [0.3, 0.4) is 0 Å². The zero-order valence-corrected chi connectivity index (χ0v) is 17.2. The van der Waals surface area contributed by atoms with Crippen molar-refractivity contribution in [3.63, 3.8) is 0 Å². The molecule has 1 aliphatic rings. The Morgan fingerprint density at radius 1 is 1.13 bits per heavy atom. The number of benzene rings is 2. The maximum Gasteiger partial charge on any atom is 0.237 e. The fourth-order valence-electron chi connectivity index (χ4n) is 4.47. The van der Waals surface area contributed by atoms with Crippen molar-refractivity contribution in [2.75, 3.05) is 20.2 Å². The lowest BCUT2D eigenvalue weighted by Gasteiger charge is -2.32. The number of methoxy groups -OCH3 is 1. The standard InChI is InChI=1S/C24H27N3O3/c1-30-22-11-5-3-9-20(22)24(29)17-7-6-12-26(13-17)14-18-15-27(16-23(25)28)21-10-4-2-8-19(18)21/h2-5,8-11,15,17H,6-7,12-14,16H2,1H3,(H2,25,28)/t17-/m1/s1. The summed E-state index contributed by atoms with van der Waals surface area (Å²) < 4.78 is 7.30. The molecule has 30 heavy (non-hydrogen) atoms. The van der Waals surface area contributed by atoms with Crippen LogP contribution >= 0.6 is 0 Å². The van der Waals surface area contributed by atoms with Gasteiger partial charge < -0.3 is 15.0 Å². The van der Waals surface area contributed by atoms with Gasteiger partial charge in [-0.25, -0.2) is 0 Å². The minimum absolute atomic E-state index is 0.0472. The highest BCUT2D eigenvalue weighted by atomic mass is 16.5. The topological polar surface area (TPSA) is 77.6 Å². The van der Waals surface area contributed by atoms with Crippen LogP contribution < -0.4 is 10.5 Å². The quantitative estimate of drug-likeness (QED) is 0.612. The molecule has 1 amide bonds. The second-order valence-electron chi connectivity index (χ2n) is 7.90. The first-order valence-electron chi connectivity index (χ1n) is 10.3. The highest BCUT2D eigenvalue weighted by Gasteiger charge is 2.28. The predicted octanol–water partition coefficient (Wildman–Crippen LogP) is 3.23. The Morgan fingerprint density at radius 3 is 2.70 bits per heavy atom. The van der Waals surface area contributed by atoms with E-state index < -0.39 is 0 Å². The third kappa shape index (κ3) is 4.09. The lowest BCUT2D eigenvalue weighted by Crippen LogP contribution is -2.38. The third-order valence-corrected chi connectivity index (χ3v) is 5.84. The SMILES string of the molecule is COc1ccccc1C(=O)[C@@H]1CCCN(Cc2cn(CC(N)=O)c3ccccc23)C1. The molecule has 2 N–H and O–H groups in total. The van der Waals surface area contributed by atoms with E-state index in [1.54, 1.807) is 7.11 Å². The third-order valence-electron chi connectivity index (χ3n) is 5.84. The number of amides is 1. The van der Waals surface area contributed by atoms with Gasteiger partial charge in [0.25, 0.3) is 0 Å². The van der Waals surface area contributed by atoms with Gasteiger partial charge >= 0.3 is 0 Å². The molecule has 4 rings (SSSR count). The van der Waals surface area contributed by atoms with E-state index in [0.29, 0.717) is 17.9 Å². The van der Waals surface area contributed by atoms with E-state index in [9.17, 15) is 9.59 Å². The summed E-state index contributed by atoms with van der Waals surface area (Å²) in [6.07, 6.45) is 3.88. The summed E-state index contributed by atoms with van der Waals surface area (Å²) in [5.41, 5.74) is 8.23. The van der Waals surface area contributed by atoms with E-state index in [0.717, 1.165) is 42.4 Å². The number of ether oxygens (including phenoxy) is 1. The Morgan fingerprint density at radius 2 is 1.90 bits per heavy atom. The number of para-hydroxylation sites is 2. The van der Waals surface area contributed by atoms with Crippen LogP contribution in [-0.4, -0.2) is 41.4 Å². The lowest BCUT2D eigenvalue weighted by atomic mass is 9.89. The fourth-order valence-corrected chi connectivity index (χ4v) is 4.47. The van der Waals surface area contributed by atoms with Crippen LogP contribution in [0.25, 0.3) is 10.9 Å². The van der Waals surface area contributed by atoms with Gasteiger partial charge in [0.2, 0.25) is 5.91 Å². The number of rotatable bonds is 7.